The number of benzene rings is 2. The lowest BCUT2D eigenvalue weighted by atomic mass is 10.1. The van der Waals surface area contributed by atoms with Crippen LogP contribution in [0, 0.1) is 3.57 Å². The van der Waals surface area contributed by atoms with Crippen LogP contribution in [0.2, 0.25) is 0 Å². The van der Waals surface area contributed by atoms with Crippen LogP contribution in [0.25, 0.3) is 0 Å². The number of aliphatic carboxylic acids is 1. The van der Waals surface area contributed by atoms with Crippen LogP contribution in [-0.2, 0) is 11.2 Å². The van der Waals surface area contributed by atoms with Crippen molar-refractivity contribution in [2.24, 2.45) is 0 Å². The molecule has 2 rings (SSSR count). The van der Waals surface area contributed by atoms with Crippen LogP contribution in [0.5, 0.6) is 0 Å². The molecule has 0 radical (unpaired) electrons. The third kappa shape index (κ3) is 5.03. The Morgan fingerprint density at radius 1 is 1.05 bits per heavy atom. The van der Waals surface area contributed by atoms with Crippen molar-refractivity contribution in [1.82, 2.24) is 5.32 Å². The largest absolute Gasteiger partial charge is 0.480 e. The molecule has 114 valence electrons. The Morgan fingerprint density at radius 2 is 1.68 bits per heavy atom. The van der Waals surface area contributed by atoms with Gasteiger partial charge in [-0.2, -0.15) is 0 Å². The Kier molecular flexibility index (Phi) is 5.76. The molecule has 0 aliphatic rings. The number of rotatable bonds is 5. The standard InChI is InChI=1S/C16H15IN2O3/c17-12-6-8-13(9-7-12)18-16(22)19-14(15(20)21)10-11-4-2-1-3-5-11/h1-9,14H,10H2,(H,20,21)(H2,18,19,22)/t14-/m0/s1. The molecule has 0 aliphatic carbocycles. The van der Waals surface area contributed by atoms with E-state index in [1.807, 2.05) is 42.5 Å². The summed E-state index contributed by atoms with van der Waals surface area (Å²) >= 11 is 2.17. The highest BCUT2D eigenvalue weighted by atomic mass is 127. The van der Waals surface area contributed by atoms with Gasteiger partial charge in [0, 0.05) is 15.7 Å². The fourth-order valence-corrected chi connectivity index (χ4v) is 2.27. The Bertz CT molecular complexity index is 644. The molecule has 0 saturated carbocycles. The third-order valence-corrected chi connectivity index (χ3v) is 3.71. The molecule has 0 bridgehead atoms. The number of urea groups is 1. The molecule has 1 atom stereocenters. The Morgan fingerprint density at radius 3 is 2.27 bits per heavy atom. The highest BCUT2D eigenvalue weighted by Gasteiger charge is 2.20. The molecule has 5 nitrogen and oxygen atoms in total. The molecule has 22 heavy (non-hydrogen) atoms. The maximum Gasteiger partial charge on any atom is 0.326 e. The van der Waals surface area contributed by atoms with Crippen molar-refractivity contribution < 1.29 is 14.7 Å². The van der Waals surface area contributed by atoms with Crippen molar-refractivity contribution >= 4 is 40.3 Å². The average Bonchev–Trinajstić information content (AvgIpc) is 2.50. The van der Waals surface area contributed by atoms with Crippen LogP contribution in [0.3, 0.4) is 0 Å². The molecule has 0 unspecified atom stereocenters. The van der Waals surface area contributed by atoms with E-state index in [1.165, 1.54) is 0 Å². The van der Waals surface area contributed by atoms with Gasteiger partial charge in [-0.3, -0.25) is 0 Å². The van der Waals surface area contributed by atoms with Crippen LogP contribution < -0.4 is 10.6 Å². The number of hydrogen-bond donors (Lipinski definition) is 3. The third-order valence-electron chi connectivity index (χ3n) is 2.99. The van der Waals surface area contributed by atoms with Crippen molar-refractivity contribution in [3.63, 3.8) is 0 Å². The fraction of sp³-hybridized carbons (Fsp3) is 0.125. The molecule has 3 N–H and O–H groups in total. The van der Waals surface area contributed by atoms with Gasteiger partial charge in [0.25, 0.3) is 0 Å². The van der Waals surface area contributed by atoms with E-state index < -0.39 is 18.0 Å². The van der Waals surface area contributed by atoms with E-state index in [2.05, 4.69) is 33.2 Å². The smallest absolute Gasteiger partial charge is 0.326 e. The van der Waals surface area contributed by atoms with Crippen LogP contribution in [0.15, 0.2) is 54.6 Å². The van der Waals surface area contributed by atoms with Crippen molar-refractivity contribution in [3.05, 3.63) is 63.7 Å². The Hall–Kier alpha value is -2.09. The minimum Gasteiger partial charge on any atom is -0.480 e. The monoisotopic (exact) mass is 410 g/mol. The topological polar surface area (TPSA) is 78.4 Å². The lowest BCUT2D eigenvalue weighted by Crippen LogP contribution is -2.44. The molecule has 0 saturated heterocycles. The molecule has 0 aromatic heterocycles. The van der Waals surface area contributed by atoms with Crippen molar-refractivity contribution in [2.75, 3.05) is 5.32 Å². The summed E-state index contributed by atoms with van der Waals surface area (Å²) in [6.45, 7) is 0. The van der Waals surface area contributed by atoms with E-state index in [4.69, 9.17) is 0 Å². The van der Waals surface area contributed by atoms with E-state index in [-0.39, 0.29) is 6.42 Å². The lowest BCUT2D eigenvalue weighted by molar-refractivity contribution is -0.139. The first-order valence-electron chi connectivity index (χ1n) is 6.64. The molecule has 2 amide bonds. The minimum atomic E-state index is -1.07. The molecular weight excluding hydrogens is 395 g/mol. The number of carbonyl (C=O) groups is 2. The molecule has 2 aromatic carbocycles. The summed E-state index contributed by atoms with van der Waals surface area (Å²) in [6, 6.07) is 14.9. The SMILES string of the molecule is O=C(Nc1ccc(I)cc1)N[C@@H](Cc1ccccc1)C(=O)O. The maximum atomic E-state index is 11.9. The summed E-state index contributed by atoms with van der Waals surface area (Å²) in [6.07, 6.45) is 0.232. The quantitative estimate of drug-likeness (QED) is 0.663. The van der Waals surface area contributed by atoms with Crippen molar-refractivity contribution in [3.8, 4) is 0 Å². The van der Waals surface area contributed by atoms with E-state index in [0.717, 1.165) is 9.13 Å². The summed E-state index contributed by atoms with van der Waals surface area (Å²) in [5.74, 6) is -1.07. The molecule has 0 heterocycles. The zero-order valence-electron chi connectivity index (χ0n) is 11.6. The zero-order chi connectivity index (χ0) is 15.9. The number of carbonyl (C=O) groups excluding carboxylic acids is 1. The molecule has 0 aliphatic heterocycles. The van der Waals surface area contributed by atoms with Gasteiger partial charge in [0.15, 0.2) is 0 Å². The highest BCUT2D eigenvalue weighted by Crippen LogP contribution is 2.11. The Labute approximate surface area is 141 Å². The van der Waals surface area contributed by atoms with Gasteiger partial charge >= 0.3 is 12.0 Å². The molecular formula is C16H15IN2O3. The van der Waals surface area contributed by atoms with E-state index in [1.54, 1.807) is 12.1 Å². The first-order chi connectivity index (χ1) is 10.5. The van der Waals surface area contributed by atoms with Crippen LogP contribution in [0.1, 0.15) is 5.56 Å². The van der Waals surface area contributed by atoms with Crippen molar-refractivity contribution in [1.29, 1.82) is 0 Å². The number of anilines is 1. The molecule has 0 spiro atoms. The summed E-state index contributed by atoms with van der Waals surface area (Å²) in [5, 5.41) is 14.3. The average molecular weight is 410 g/mol. The first kappa shape index (κ1) is 16.3. The molecule has 0 fully saturated rings. The number of amides is 2. The second kappa shape index (κ2) is 7.79. The highest BCUT2D eigenvalue weighted by molar-refractivity contribution is 14.1. The van der Waals surface area contributed by atoms with Crippen molar-refractivity contribution in [2.45, 2.75) is 12.5 Å². The van der Waals surface area contributed by atoms with Crippen LogP contribution in [0.4, 0.5) is 10.5 Å². The van der Waals surface area contributed by atoms with Gasteiger partial charge < -0.3 is 15.7 Å². The number of halogens is 1. The molecule has 2 aromatic rings. The maximum absolute atomic E-state index is 11.9. The number of carboxylic acids is 1. The van der Waals surface area contributed by atoms with E-state index >= 15 is 0 Å². The van der Waals surface area contributed by atoms with Gasteiger partial charge in [0.1, 0.15) is 6.04 Å². The lowest BCUT2D eigenvalue weighted by Gasteiger charge is -2.15. The zero-order valence-corrected chi connectivity index (χ0v) is 13.8. The van der Waals surface area contributed by atoms with Gasteiger partial charge in [-0.1, -0.05) is 30.3 Å². The Balaban J connectivity index is 1.97. The van der Waals surface area contributed by atoms with Gasteiger partial charge in [0.2, 0.25) is 0 Å². The normalized spacial score (nSPS) is 11.5. The van der Waals surface area contributed by atoms with Gasteiger partial charge in [-0.25, -0.2) is 9.59 Å². The number of hydrogen-bond acceptors (Lipinski definition) is 2. The van der Waals surface area contributed by atoms with Gasteiger partial charge in [-0.05, 0) is 52.4 Å². The van der Waals surface area contributed by atoms with Crippen LogP contribution in [-0.4, -0.2) is 23.1 Å². The van der Waals surface area contributed by atoms with Gasteiger partial charge in [0.05, 0.1) is 0 Å². The van der Waals surface area contributed by atoms with E-state index in [9.17, 15) is 14.7 Å². The second-order valence-electron chi connectivity index (χ2n) is 4.69. The summed E-state index contributed by atoms with van der Waals surface area (Å²) in [7, 11) is 0. The number of nitrogens with one attached hydrogen (secondary N) is 2. The summed E-state index contributed by atoms with van der Waals surface area (Å²) < 4.78 is 1.05. The second-order valence-corrected chi connectivity index (χ2v) is 5.93. The minimum absolute atomic E-state index is 0.232. The fourth-order valence-electron chi connectivity index (χ4n) is 1.91. The predicted molar refractivity (Wildman–Crippen MR) is 92.9 cm³/mol. The van der Waals surface area contributed by atoms with Crippen LogP contribution >= 0.6 is 22.6 Å². The summed E-state index contributed by atoms with van der Waals surface area (Å²) in [4.78, 5) is 23.2. The van der Waals surface area contributed by atoms with Gasteiger partial charge in [-0.15, -0.1) is 0 Å². The first-order valence-corrected chi connectivity index (χ1v) is 7.72. The molecule has 6 heteroatoms. The van der Waals surface area contributed by atoms with E-state index in [0.29, 0.717) is 5.69 Å². The predicted octanol–water partition coefficient (Wildman–Crippen LogP) is 3.11. The summed E-state index contributed by atoms with van der Waals surface area (Å²) in [5.41, 5.74) is 1.46. The number of carboxylic acid groups (broad SMARTS) is 1.